The largest absolute Gasteiger partial charge is 0.380 e. The molecule has 0 fully saturated rings. The van der Waals surface area contributed by atoms with E-state index in [1.165, 1.54) is 15.6 Å². The molecule has 1 rings (SSSR count). The second-order valence-electron chi connectivity index (χ2n) is 3.93. The van der Waals surface area contributed by atoms with Crippen molar-refractivity contribution in [3.05, 3.63) is 16.3 Å². The Morgan fingerprint density at radius 3 is 2.74 bits per heavy atom. The summed E-state index contributed by atoms with van der Waals surface area (Å²) in [6, 6.07) is 1.68. The van der Waals surface area contributed by atoms with Gasteiger partial charge in [0.2, 0.25) is 10.0 Å². The molecule has 0 saturated carbocycles. The zero-order valence-electron chi connectivity index (χ0n) is 11.7. The molecule has 1 heterocycles. The van der Waals surface area contributed by atoms with Crippen molar-refractivity contribution >= 4 is 21.4 Å². The molecule has 0 aliphatic carbocycles. The van der Waals surface area contributed by atoms with Crippen molar-refractivity contribution in [2.45, 2.75) is 25.3 Å². The Kier molecular flexibility index (Phi) is 6.95. The predicted molar refractivity (Wildman–Crippen MR) is 78.0 cm³/mol. The van der Waals surface area contributed by atoms with E-state index >= 15 is 0 Å². The first-order chi connectivity index (χ1) is 9.07. The van der Waals surface area contributed by atoms with E-state index in [2.05, 4.69) is 5.32 Å². The summed E-state index contributed by atoms with van der Waals surface area (Å²) in [6.07, 6.45) is 0. The van der Waals surface area contributed by atoms with E-state index in [4.69, 9.17) is 4.74 Å². The molecule has 5 nitrogen and oxygen atoms in total. The highest BCUT2D eigenvalue weighted by Crippen LogP contribution is 2.25. The molecule has 0 unspecified atom stereocenters. The van der Waals surface area contributed by atoms with Crippen LogP contribution in [0.2, 0.25) is 0 Å². The highest BCUT2D eigenvalue weighted by atomic mass is 32.2. The van der Waals surface area contributed by atoms with Gasteiger partial charge >= 0.3 is 0 Å². The van der Waals surface area contributed by atoms with Crippen molar-refractivity contribution in [1.29, 1.82) is 0 Å². The maximum Gasteiger partial charge on any atom is 0.244 e. The third kappa shape index (κ3) is 4.25. The van der Waals surface area contributed by atoms with Crippen LogP contribution in [-0.4, -0.2) is 46.1 Å². The van der Waals surface area contributed by atoms with Crippen molar-refractivity contribution in [1.82, 2.24) is 9.62 Å². The minimum absolute atomic E-state index is 0.390. The number of ether oxygens (including phenoxy) is 1. The normalized spacial score (nSPS) is 12.2. The SMILES string of the molecule is CCOCCN(CC)S(=O)(=O)c1ccsc1CNC. The highest BCUT2D eigenvalue weighted by Gasteiger charge is 2.26. The fourth-order valence-electron chi connectivity index (χ4n) is 1.75. The summed E-state index contributed by atoms with van der Waals surface area (Å²) in [4.78, 5) is 1.25. The second-order valence-corrected chi connectivity index (χ2v) is 6.84. The number of hydrogen-bond acceptors (Lipinski definition) is 5. The maximum absolute atomic E-state index is 12.6. The monoisotopic (exact) mass is 306 g/mol. The van der Waals surface area contributed by atoms with E-state index in [9.17, 15) is 8.42 Å². The van der Waals surface area contributed by atoms with Crippen molar-refractivity contribution in [3.8, 4) is 0 Å². The third-order valence-electron chi connectivity index (χ3n) is 2.70. The van der Waals surface area contributed by atoms with Gasteiger partial charge in [-0.3, -0.25) is 0 Å². The lowest BCUT2D eigenvalue weighted by Crippen LogP contribution is -2.34. The number of rotatable bonds is 9. The summed E-state index contributed by atoms with van der Waals surface area (Å²) in [5.74, 6) is 0. The smallest absolute Gasteiger partial charge is 0.244 e. The summed E-state index contributed by atoms with van der Waals surface area (Å²) in [7, 11) is -1.61. The molecule has 7 heteroatoms. The molecular formula is C12H22N2O3S2. The van der Waals surface area contributed by atoms with Crippen LogP contribution in [0.15, 0.2) is 16.3 Å². The quantitative estimate of drug-likeness (QED) is 0.703. The number of nitrogens with zero attached hydrogens (tertiary/aromatic N) is 1. The molecule has 0 aliphatic rings. The number of sulfonamides is 1. The zero-order valence-corrected chi connectivity index (χ0v) is 13.3. The minimum Gasteiger partial charge on any atom is -0.380 e. The predicted octanol–water partition coefficient (Wildman–Crippen LogP) is 1.51. The van der Waals surface area contributed by atoms with E-state index in [0.717, 1.165) is 4.88 Å². The molecule has 0 aromatic carbocycles. The Balaban J connectivity index is 2.90. The van der Waals surface area contributed by atoms with Crippen LogP contribution in [0.5, 0.6) is 0 Å². The topological polar surface area (TPSA) is 58.6 Å². The van der Waals surface area contributed by atoms with Gasteiger partial charge in [0.05, 0.1) is 11.5 Å². The molecule has 0 saturated heterocycles. The van der Waals surface area contributed by atoms with Crippen LogP contribution < -0.4 is 5.32 Å². The van der Waals surface area contributed by atoms with Gasteiger partial charge in [0.25, 0.3) is 0 Å². The molecule has 0 atom stereocenters. The maximum atomic E-state index is 12.6. The van der Waals surface area contributed by atoms with Gasteiger partial charge in [0.15, 0.2) is 0 Å². The lowest BCUT2D eigenvalue weighted by atomic mass is 10.5. The number of hydrogen-bond donors (Lipinski definition) is 1. The Labute approximate surface area is 119 Å². The second kappa shape index (κ2) is 7.96. The van der Waals surface area contributed by atoms with Gasteiger partial charge in [-0.1, -0.05) is 6.92 Å². The van der Waals surface area contributed by atoms with E-state index in [1.54, 1.807) is 6.07 Å². The summed E-state index contributed by atoms with van der Waals surface area (Å²) >= 11 is 1.46. The summed E-state index contributed by atoms with van der Waals surface area (Å²) in [6.45, 7) is 6.17. The van der Waals surface area contributed by atoms with Gasteiger partial charge < -0.3 is 10.1 Å². The van der Waals surface area contributed by atoms with Gasteiger partial charge in [0, 0.05) is 31.1 Å². The molecule has 0 bridgehead atoms. The molecule has 0 aliphatic heterocycles. The standard InChI is InChI=1S/C12H22N2O3S2/c1-4-14(7-8-17-5-2)19(15,16)12-6-9-18-11(12)10-13-3/h6,9,13H,4-5,7-8,10H2,1-3H3. The van der Waals surface area contributed by atoms with Crippen molar-refractivity contribution in [3.63, 3.8) is 0 Å². The molecule has 1 N–H and O–H groups in total. The van der Waals surface area contributed by atoms with E-state index in [-0.39, 0.29) is 0 Å². The van der Waals surface area contributed by atoms with E-state index in [0.29, 0.717) is 37.7 Å². The van der Waals surface area contributed by atoms with Crippen molar-refractivity contribution in [2.75, 3.05) is 33.4 Å². The summed E-state index contributed by atoms with van der Waals surface area (Å²) < 4.78 is 31.8. The lowest BCUT2D eigenvalue weighted by Gasteiger charge is -2.20. The molecule has 19 heavy (non-hydrogen) atoms. The first-order valence-electron chi connectivity index (χ1n) is 6.36. The highest BCUT2D eigenvalue weighted by molar-refractivity contribution is 7.89. The molecule has 0 spiro atoms. The Bertz CT molecular complexity index is 471. The number of nitrogens with one attached hydrogen (secondary N) is 1. The van der Waals surface area contributed by atoms with E-state index < -0.39 is 10.0 Å². The average Bonchev–Trinajstić information content (AvgIpc) is 2.84. The third-order valence-corrected chi connectivity index (χ3v) is 5.81. The fourth-order valence-corrected chi connectivity index (χ4v) is 4.61. The van der Waals surface area contributed by atoms with Gasteiger partial charge in [-0.15, -0.1) is 11.3 Å². The summed E-state index contributed by atoms with van der Waals surface area (Å²) in [5, 5.41) is 4.81. The Morgan fingerprint density at radius 1 is 1.42 bits per heavy atom. The average molecular weight is 306 g/mol. The van der Waals surface area contributed by atoms with Crippen LogP contribution in [0, 0.1) is 0 Å². The Morgan fingerprint density at radius 2 is 2.16 bits per heavy atom. The molecule has 1 aromatic heterocycles. The fraction of sp³-hybridized carbons (Fsp3) is 0.667. The van der Waals surface area contributed by atoms with Crippen molar-refractivity contribution in [2.24, 2.45) is 0 Å². The number of thiophene rings is 1. The zero-order chi connectivity index (χ0) is 14.3. The van der Waals surface area contributed by atoms with Crippen LogP contribution >= 0.6 is 11.3 Å². The van der Waals surface area contributed by atoms with Crippen molar-refractivity contribution < 1.29 is 13.2 Å². The first-order valence-corrected chi connectivity index (χ1v) is 8.68. The van der Waals surface area contributed by atoms with Gasteiger partial charge in [0.1, 0.15) is 0 Å². The molecule has 0 radical (unpaired) electrons. The van der Waals surface area contributed by atoms with Crippen LogP contribution in [0.25, 0.3) is 0 Å². The first kappa shape index (κ1) is 16.6. The van der Waals surface area contributed by atoms with Crippen LogP contribution in [-0.2, 0) is 21.3 Å². The molecular weight excluding hydrogens is 284 g/mol. The molecule has 110 valence electrons. The van der Waals surface area contributed by atoms with Gasteiger partial charge in [-0.2, -0.15) is 4.31 Å². The van der Waals surface area contributed by atoms with Gasteiger partial charge in [-0.25, -0.2) is 8.42 Å². The summed E-state index contributed by atoms with van der Waals surface area (Å²) in [5.41, 5.74) is 0. The molecule has 1 aromatic rings. The van der Waals surface area contributed by atoms with E-state index in [1.807, 2.05) is 26.3 Å². The number of likely N-dealkylation sites (N-methyl/N-ethyl adjacent to an activating group) is 1. The van der Waals surface area contributed by atoms with Crippen LogP contribution in [0.3, 0.4) is 0 Å². The van der Waals surface area contributed by atoms with Crippen LogP contribution in [0.4, 0.5) is 0 Å². The molecule has 0 amide bonds. The van der Waals surface area contributed by atoms with Gasteiger partial charge in [-0.05, 0) is 25.4 Å². The minimum atomic E-state index is -3.42. The van der Waals surface area contributed by atoms with Crippen LogP contribution in [0.1, 0.15) is 18.7 Å². The Hall–Kier alpha value is -0.470. The lowest BCUT2D eigenvalue weighted by molar-refractivity contribution is 0.135.